The van der Waals surface area contributed by atoms with Crippen molar-refractivity contribution in [3.8, 4) is 6.07 Å². The lowest BCUT2D eigenvalue weighted by Gasteiger charge is -2.07. The van der Waals surface area contributed by atoms with Gasteiger partial charge in [-0.3, -0.25) is 0 Å². The summed E-state index contributed by atoms with van der Waals surface area (Å²) in [6.07, 6.45) is 6.99. The summed E-state index contributed by atoms with van der Waals surface area (Å²) in [5, 5.41) is 8.37. The highest BCUT2D eigenvalue weighted by atomic mass is 14.2. The van der Waals surface area contributed by atoms with E-state index in [1.165, 1.54) is 11.1 Å². The predicted molar refractivity (Wildman–Crippen MR) is 41.3 cm³/mol. The largest absolute Gasteiger partial charge is 0.198 e. The second kappa shape index (κ2) is 3.22. The van der Waals surface area contributed by atoms with Crippen LogP contribution in [0.1, 0.15) is 26.2 Å². The molecule has 0 fully saturated rings. The molecule has 0 atom stereocenters. The maximum atomic E-state index is 8.37. The van der Waals surface area contributed by atoms with Crippen LogP contribution in [0.3, 0.4) is 0 Å². The Morgan fingerprint density at radius 1 is 1.50 bits per heavy atom. The molecule has 1 aliphatic rings. The highest BCUT2D eigenvalue weighted by Gasteiger charge is 2.01. The molecule has 10 heavy (non-hydrogen) atoms. The van der Waals surface area contributed by atoms with Crippen molar-refractivity contribution < 1.29 is 0 Å². The van der Waals surface area contributed by atoms with Gasteiger partial charge in [0.2, 0.25) is 0 Å². The molecule has 0 aromatic carbocycles. The van der Waals surface area contributed by atoms with Gasteiger partial charge in [0.05, 0.1) is 12.5 Å². The van der Waals surface area contributed by atoms with Crippen molar-refractivity contribution in [1.82, 2.24) is 0 Å². The first-order chi connectivity index (χ1) is 4.83. The lowest BCUT2D eigenvalue weighted by atomic mass is 9.98. The van der Waals surface area contributed by atoms with Crippen molar-refractivity contribution >= 4 is 0 Å². The third kappa shape index (κ3) is 1.73. The van der Waals surface area contributed by atoms with Crippen LogP contribution >= 0.6 is 0 Å². The van der Waals surface area contributed by atoms with Gasteiger partial charge in [0.1, 0.15) is 0 Å². The first-order valence-electron chi connectivity index (χ1n) is 3.55. The van der Waals surface area contributed by atoms with E-state index in [1.807, 2.05) is 0 Å². The topological polar surface area (TPSA) is 23.8 Å². The minimum atomic E-state index is 0.601. The second-order valence-corrected chi connectivity index (χ2v) is 2.67. The van der Waals surface area contributed by atoms with Crippen molar-refractivity contribution in [3.63, 3.8) is 0 Å². The van der Waals surface area contributed by atoms with E-state index in [4.69, 9.17) is 5.26 Å². The molecular weight excluding hydrogens is 122 g/mol. The van der Waals surface area contributed by atoms with Crippen molar-refractivity contribution in [1.29, 1.82) is 5.26 Å². The molecule has 1 rings (SSSR count). The maximum Gasteiger partial charge on any atom is 0.0666 e. The van der Waals surface area contributed by atoms with Gasteiger partial charge in [-0.05, 0) is 19.8 Å². The Kier molecular flexibility index (Phi) is 2.28. The van der Waals surface area contributed by atoms with Gasteiger partial charge in [-0.2, -0.15) is 5.26 Å². The van der Waals surface area contributed by atoms with Gasteiger partial charge in [0.25, 0.3) is 0 Å². The van der Waals surface area contributed by atoms with Crippen LogP contribution in [0.25, 0.3) is 0 Å². The van der Waals surface area contributed by atoms with Crippen LogP contribution in [0.2, 0.25) is 0 Å². The summed E-state index contributed by atoms with van der Waals surface area (Å²) < 4.78 is 0. The van der Waals surface area contributed by atoms with E-state index in [9.17, 15) is 0 Å². The van der Waals surface area contributed by atoms with Gasteiger partial charge < -0.3 is 0 Å². The highest BCUT2D eigenvalue weighted by molar-refractivity contribution is 5.24. The molecule has 1 aliphatic carbocycles. The van der Waals surface area contributed by atoms with Gasteiger partial charge >= 0.3 is 0 Å². The number of nitrogens with zero attached hydrogens (tertiary/aromatic N) is 1. The van der Waals surface area contributed by atoms with Crippen LogP contribution in [-0.2, 0) is 0 Å². The quantitative estimate of drug-likeness (QED) is 0.539. The lowest BCUT2D eigenvalue weighted by Crippen LogP contribution is -1.89. The number of hydrogen-bond donors (Lipinski definition) is 0. The molecule has 0 heterocycles. The third-order valence-corrected chi connectivity index (χ3v) is 1.75. The van der Waals surface area contributed by atoms with E-state index >= 15 is 0 Å². The van der Waals surface area contributed by atoms with E-state index in [-0.39, 0.29) is 0 Å². The Balaban J connectivity index is 2.57. The van der Waals surface area contributed by atoms with E-state index in [2.05, 4.69) is 25.1 Å². The monoisotopic (exact) mass is 133 g/mol. The smallest absolute Gasteiger partial charge is 0.0666 e. The summed E-state index contributed by atoms with van der Waals surface area (Å²) in [6, 6.07) is 2.15. The minimum Gasteiger partial charge on any atom is -0.198 e. The average molecular weight is 133 g/mol. The molecule has 0 N–H and O–H groups in total. The Morgan fingerprint density at radius 2 is 2.30 bits per heavy atom. The van der Waals surface area contributed by atoms with E-state index in [1.54, 1.807) is 0 Å². The number of allylic oxidation sites excluding steroid dienone is 4. The average Bonchev–Trinajstić information content (AvgIpc) is 1.95. The zero-order valence-corrected chi connectivity index (χ0v) is 6.22. The van der Waals surface area contributed by atoms with Gasteiger partial charge in [-0.25, -0.2) is 0 Å². The van der Waals surface area contributed by atoms with Crippen LogP contribution in [0.4, 0.5) is 0 Å². The molecule has 0 saturated heterocycles. The molecule has 1 nitrogen and oxygen atoms in total. The molecule has 0 radical (unpaired) electrons. The zero-order valence-electron chi connectivity index (χ0n) is 6.22. The molecule has 52 valence electrons. The Bertz CT molecular complexity index is 215. The van der Waals surface area contributed by atoms with Gasteiger partial charge in [0, 0.05) is 0 Å². The number of nitriles is 1. The molecule has 0 aliphatic heterocycles. The summed E-state index contributed by atoms with van der Waals surface area (Å²) >= 11 is 0. The van der Waals surface area contributed by atoms with Crippen LogP contribution in [0.5, 0.6) is 0 Å². The van der Waals surface area contributed by atoms with Crippen LogP contribution in [0.15, 0.2) is 23.3 Å². The van der Waals surface area contributed by atoms with Crippen LogP contribution in [0, 0.1) is 11.3 Å². The normalized spacial score (nSPS) is 17.2. The first-order valence-corrected chi connectivity index (χ1v) is 3.55. The zero-order chi connectivity index (χ0) is 7.40. The first kappa shape index (κ1) is 7.08. The second-order valence-electron chi connectivity index (χ2n) is 2.67. The predicted octanol–water partition coefficient (Wildman–Crippen LogP) is 2.57. The lowest BCUT2D eigenvalue weighted by molar-refractivity contribution is 0.882. The van der Waals surface area contributed by atoms with Crippen molar-refractivity contribution in [2.75, 3.05) is 0 Å². The van der Waals surface area contributed by atoms with Gasteiger partial charge in [-0.1, -0.05) is 23.3 Å². The summed E-state index contributed by atoms with van der Waals surface area (Å²) in [7, 11) is 0. The Hall–Kier alpha value is -1.03. The van der Waals surface area contributed by atoms with Crippen LogP contribution in [-0.4, -0.2) is 0 Å². The van der Waals surface area contributed by atoms with Crippen LogP contribution < -0.4 is 0 Å². The fourth-order valence-corrected chi connectivity index (χ4v) is 1.03. The summed E-state index contributed by atoms with van der Waals surface area (Å²) in [5.74, 6) is 0. The fraction of sp³-hybridized carbons (Fsp3) is 0.444. The molecule has 0 amide bonds. The third-order valence-electron chi connectivity index (χ3n) is 1.75. The molecular formula is C9H11N. The minimum absolute atomic E-state index is 0.601. The van der Waals surface area contributed by atoms with E-state index in [0.29, 0.717) is 6.42 Å². The summed E-state index contributed by atoms with van der Waals surface area (Å²) in [5.41, 5.74) is 2.69. The van der Waals surface area contributed by atoms with Crippen molar-refractivity contribution in [2.45, 2.75) is 26.2 Å². The van der Waals surface area contributed by atoms with Gasteiger partial charge in [-0.15, -0.1) is 0 Å². The molecule has 0 aromatic rings. The Morgan fingerprint density at radius 3 is 2.80 bits per heavy atom. The summed E-state index contributed by atoms with van der Waals surface area (Å²) in [6.45, 7) is 2.12. The highest BCUT2D eigenvalue weighted by Crippen LogP contribution is 2.19. The molecule has 0 aromatic heterocycles. The number of rotatable bonds is 1. The standard InChI is InChI=1S/C9H11N/c1-8-2-4-9(5-3-8)6-7-10/h2,4H,3,5-6H2,1H3. The molecule has 0 spiro atoms. The maximum absolute atomic E-state index is 8.37. The molecule has 0 unspecified atom stereocenters. The number of hydrogen-bond acceptors (Lipinski definition) is 1. The fourth-order valence-electron chi connectivity index (χ4n) is 1.03. The molecule has 0 bridgehead atoms. The van der Waals surface area contributed by atoms with Gasteiger partial charge in [0.15, 0.2) is 0 Å². The summed E-state index contributed by atoms with van der Waals surface area (Å²) in [4.78, 5) is 0. The molecule has 1 heteroatoms. The van der Waals surface area contributed by atoms with Crippen molar-refractivity contribution in [3.05, 3.63) is 23.3 Å². The Labute approximate surface area is 61.7 Å². The van der Waals surface area contributed by atoms with Crippen molar-refractivity contribution in [2.24, 2.45) is 0 Å². The SMILES string of the molecule is CC1=CC=C(CC#N)CC1. The molecule has 0 saturated carbocycles. The van der Waals surface area contributed by atoms with E-state index < -0.39 is 0 Å². The van der Waals surface area contributed by atoms with E-state index in [0.717, 1.165) is 12.8 Å².